The molecular weight excluding hydrogens is 238 g/mol. The highest BCUT2D eigenvalue weighted by Gasteiger charge is 2.23. The fraction of sp³-hybridized carbons (Fsp3) is 0.875. The first-order valence-electron chi connectivity index (χ1n) is 7.50. The Hall–Kier alpha value is -1.04. The lowest BCUT2D eigenvalue weighted by Crippen LogP contribution is -2.19. The summed E-state index contributed by atoms with van der Waals surface area (Å²) in [5, 5.41) is 17.7. The van der Waals surface area contributed by atoms with Gasteiger partial charge < -0.3 is 5.11 Å². The van der Waals surface area contributed by atoms with E-state index in [0.29, 0.717) is 5.92 Å². The third kappa shape index (κ3) is 8.64. The highest BCUT2D eigenvalue weighted by atomic mass is 16.4. The van der Waals surface area contributed by atoms with E-state index in [1.54, 1.807) is 0 Å². The highest BCUT2D eigenvalue weighted by molar-refractivity contribution is 5.73. The molecule has 3 nitrogen and oxygen atoms in total. The molecule has 3 unspecified atom stereocenters. The zero-order valence-corrected chi connectivity index (χ0v) is 12.9. The first-order valence-corrected chi connectivity index (χ1v) is 7.50. The summed E-state index contributed by atoms with van der Waals surface area (Å²) >= 11 is 0. The van der Waals surface area contributed by atoms with E-state index in [1.807, 2.05) is 13.0 Å². The van der Waals surface area contributed by atoms with Gasteiger partial charge in [0.2, 0.25) is 0 Å². The molecule has 3 heteroatoms. The Morgan fingerprint density at radius 1 is 1.05 bits per heavy atom. The van der Waals surface area contributed by atoms with Crippen LogP contribution in [-0.4, -0.2) is 11.1 Å². The van der Waals surface area contributed by atoms with Crippen molar-refractivity contribution in [3.63, 3.8) is 0 Å². The zero-order valence-electron chi connectivity index (χ0n) is 12.9. The molecule has 0 saturated heterocycles. The van der Waals surface area contributed by atoms with Crippen LogP contribution in [0.4, 0.5) is 0 Å². The number of carboxylic acid groups (broad SMARTS) is 1. The van der Waals surface area contributed by atoms with Gasteiger partial charge in [-0.15, -0.1) is 0 Å². The van der Waals surface area contributed by atoms with Crippen LogP contribution < -0.4 is 0 Å². The van der Waals surface area contributed by atoms with Crippen LogP contribution in [0.15, 0.2) is 0 Å². The summed E-state index contributed by atoms with van der Waals surface area (Å²) in [4.78, 5) is 10.9. The van der Waals surface area contributed by atoms with Crippen molar-refractivity contribution in [3.8, 4) is 6.07 Å². The third-order valence-corrected chi connectivity index (χ3v) is 3.81. The van der Waals surface area contributed by atoms with Gasteiger partial charge in [0.25, 0.3) is 0 Å². The van der Waals surface area contributed by atoms with Gasteiger partial charge in [0.1, 0.15) is 5.92 Å². The molecule has 19 heavy (non-hydrogen) atoms. The fourth-order valence-electron chi connectivity index (χ4n) is 2.40. The van der Waals surface area contributed by atoms with Crippen LogP contribution in [0.2, 0.25) is 0 Å². The number of carbonyl (C=O) groups is 1. The predicted molar refractivity (Wildman–Crippen MR) is 77.6 cm³/mol. The zero-order chi connectivity index (χ0) is 14.8. The minimum atomic E-state index is -0.986. The normalized spacial score (nSPS) is 15.8. The Bertz CT molecular complexity index is 294. The van der Waals surface area contributed by atoms with E-state index in [-0.39, 0.29) is 5.92 Å². The smallest absolute Gasteiger partial charge is 0.321 e. The van der Waals surface area contributed by atoms with Gasteiger partial charge in [0.15, 0.2) is 0 Å². The van der Waals surface area contributed by atoms with Crippen LogP contribution in [0.5, 0.6) is 0 Å². The van der Waals surface area contributed by atoms with E-state index in [2.05, 4.69) is 20.8 Å². The summed E-state index contributed by atoms with van der Waals surface area (Å²) in [5.41, 5.74) is 0. The molecule has 110 valence electrons. The predicted octanol–water partition coefficient (Wildman–Crippen LogP) is 4.48. The minimum Gasteiger partial charge on any atom is -0.480 e. The summed E-state index contributed by atoms with van der Waals surface area (Å²) in [7, 11) is 0. The summed E-state index contributed by atoms with van der Waals surface area (Å²) in [6, 6.07) is 1.89. The quantitative estimate of drug-likeness (QED) is 0.634. The first-order chi connectivity index (χ1) is 8.88. The van der Waals surface area contributed by atoms with Crippen LogP contribution in [0.3, 0.4) is 0 Å². The molecule has 0 heterocycles. The Balaban J connectivity index is 3.78. The number of carboxylic acids is 1. The molecule has 0 amide bonds. The second-order valence-corrected chi connectivity index (χ2v) is 6.28. The van der Waals surface area contributed by atoms with Gasteiger partial charge in [-0.05, 0) is 24.2 Å². The van der Waals surface area contributed by atoms with Gasteiger partial charge in [0.05, 0.1) is 6.07 Å². The largest absolute Gasteiger partial charge is 0.480 e. The van der Waals surface area contributed by atoms with Crippen LogP contribution in [-0.2, 0) is 4.79 Å². The van der Waals surface area contributed by atoms with Gasteiger partial charge in [-0.3, -0.25) is 4.79 Å². The Morgan fingerprint density at radius 3 is 2.00 bits per heavy atom. The van der Waals surface area contributed by atoms with Crippen molar-refractivity contribution in [2.75, 3.05) is 0 Å². The van der Waals surface area contributed by atoms with Crippen LogP contribution in [0, 0.1) is 35.0 Å². The molecule has 0 rings (SSSR count). The molecule has 0 aromatic heterocycles. The lowest BCUT2D eigenvalue weighted by Gasteiger charge is -2.16. The van der Waals surface area contributed by atoms with E-state index in [1.165, 1.54) is 19.3 Å². The standard InChI is InChI=1S/C16H29NO2/c1-12(2)7-5-8-13(3)9-6-10-14(4)15(11-17)16(18)19/h12-15H,5-10H2,1-4H3,(H,18,19). The van der Waals surface area contributed by atoms with Crippen molar-refractivity contribution in [3.05, 3.63) is 0 Å². The molecule has 1 N–H and O–H groups in total. The number of nitrogens with zero attached hydrogens (tertiary/aromatic N) is 1. The monoisotopic (exact) mass is 267 g/mol. The average molecular weight is 267 g/mol. The second-order valence-electron chi connectivity index (χ2n) is 6.28. The van der Waals surface area contributed by atoms with Gasteiger partial charge >= 0.3 is 5.97 Å². The van der Waals surface area contributed by atoms with E-state index in [9.17, 15) is 4.79 Å². The van der Waals surface area contributed by atoms with Crippen molar-refractivity contribution >= 4 is 5.97 Å². The summed E-state index contributed by atoms with van der Waals surface area (Å²) < 4.78 is 0. The molecule has 0 saturated carbocycles. The molecule has 0 aliphatic rings. The topological polar surface area (TPSA) is 61.1 Å². The maximum Gasteiger partial charge on any atom is 0.321 e. The summed E-state index contributed by atoms with van der Waals surface area (Å²) in [6.07, 6.45) is 6.82. The first kappa shape index (κ1) is 18.0. The van der Waals surface area contributed by atoms with Gasteiger partial charge in [-0.1, -0.05) is 59.8 Å². The lowest BCUT2D eigenvalue weighted by atomic mass is 9.88. The molecule has 0 bridgehead atoms. The Labute approximate surface area is 118 Å². The van der Waals surface area contributed by atoms with Crippen LogP contribution >= 0.6 is 0 Å². The third-order valence-electron chi connectivity index (χ3n) is 3.81. The molecule has 0 aromatic carbocycles. The maximum atomic E-state index is 10.9. The number of rotatable bonds is 10. The van der Waals surface area contributed by atoms with Crippen molar-refractivity contribution in [2.45, 2.75) is 66.2 Å². The lowest BCUT2D eigenvalue weighted by molar-refractivity contribution is -0.141. The Morgan fingerprint density at radius 2 is 1.58 bits per heavy atom. The van der Waals surface area contributed by atoms with Crippen LogP contribution in [0.1, 0.15) is 66.2 Å². The van der Waals surface area contributed by atoms with Crippen molar-refractivity contribution < 1.29 is 9.90 Å². The highest BCUT2D eigenvalue weighted by Crippen LogP contribution is 2.22. The summed E-state index contributed by atoms with van der Waals surface area (Å²) in [5.74, 6) is -0.405. The van der Waals surface area contributed by atoms with E-state index in [4.69, 9.17) is 10.4 Å². The molecule has 0 spiro atoms. The number of aliphatic carboxylic acids is 1. The molecule has 0 aromatic rings. The average Bonchev–Trinajstić information content (AvgIpc) is 2.28. The number of nitriles is 1. The molecule has 0 fully saturated rings. The van der Waals surface area contributed by atoms with Crippen molar-refractivity contribution in [1.29, 1.82) is 5.26 Å². The summed E-state index contributed by atoms with van der Waals surface area (Å²) in [6.45, 7) is 8.63. The van der Waals surface area contributed by atoms with Crippen molar-refractivity contribution in [1.82, 2.24) is 0 Å². The van der Waals surface area contributed by atoms with Gasteiger partial charge in [0, 0.05) is 0 Å². The van der Waals surface area contributed by atoms with E-state index in [0.717, 1.165) is 25.2 Å². The van der Waals surface area contributed by atoms with Crippen molar-refractivity contribution in [2.24, 2.45) is 23.7 Å². The van der Waals surface area contributed by atoms with E-state index >= 15 is 0 Å². The molecule has 0 aliphatic carbocycles. The Kier molecular flexibility index (Phi) is 9.30. The SMILES string of the molecule is CC(C)CCCC(C)CCCC(C)C(C#N)C(=O)O. The number of hydrogen-bond donors (Lipinski definition) is 1. The molecular formula is C16H29NO2. The van der Waals surface area contributed by atoms with E-state index < -0.39 is 11.9 Å². The van der Waals surface area contributed by atoms with Gasteiger partial charge in [-0.25, -0.2) is 0 Å². The van der Waals surface area contributed by atoms with Crippen LogP contribution in [0.25, 0.3) is 0 Å². The minimum absolute atomic E-state index is 0.0506. The van der Waals surface area contributed by atoms with Gasteiger partial charge in [-0.2, -0.15) is 5.26 Å². The fourth-order valence-corrected chi connectivity index (χ4v) is 2.40. The number of hydrogen-bond acceptors (Lipinski definition) is 2. The molecule has 0 aliphatic heterocycles. The molecule has 0 radical (unpaired) electrons. The molecule has 3 atom stereocenters. The second kappa shape index (κ2) is 9.83. The maximum absolute atomic E-state index is 10.9.